The highest BCUT2D eigenvalue weighted by atomic mass is 16.7. The van der Waals surface area contributed by atoms with E-state index in [2.05, 4.69) is 5.32 Å². The number of hydrazine groups is 1. The number of nitrogens with two attached hydrogens (primary N) is 2. The van der Waals surface area contributed by atoms with Gasteiger partial charge in [0.2, 0.25) is 0 Å². The average molecular weight is 1000 g/mol. The van der Waals surface area contributed by atoms with E-state index in [1.807, 2.05) is 68.1 Å². The van der Waals surface area contributed by atoms with Crippen LogP contribution in [-0.2, 0) is 23.7 Å². The Bertz CT molecular complexity index is 1750. The lowest BCUT2D eigenvalue weighted by atomic mass is 9.87. The fourth-order valence-electron chi connectivity index (χ4n) is 7.98. The van der Waals surface area contributed by atoms with E-state index in [0.29, 0.717) is 0 Å². The minimum Gasteiger partial charge on any atom is -0.462 e. The summed E-state index contributed by atoms with van der Waals surface area (Å²) in [4.78, 5) is 36.6. The van der Waals surface area contributed by atoms with Crippen molar-refractivity contribution in [1.82, 2.24) is 16.2 Å². The second-order valence-corrected chi connectivity index (χ2v) is 18.2. The van der Waals surface area contributed by atoms with Crippen LogP contribution in [0.4, 0.5) is 9.59 Å². The van der Waals surface area contributed by atoms with Crippen molar-refractivity contribution in [3.8, 4) is 0 Å². The van der Waals surface area contributed by atoms with Crippen LogP contribution in [0.15, 0.2) is 72.9 Å². The number of hydrogen-bond donors (Lipinski definition) is 15. The molecule has 0 aliphatic carbocycles. The maximum absolute atomic E-state index is 12.8. The predicted octanol–water partition coefficient (Wildman–Crippen LogP) is -0.268. The topological polar surface area (TPSA) is 379 Å². The summed E-state index contributed by atoms with van der Waals surface area (Å²) < 4.78 is 23.3. The van der Waals surface area contributed by atoms with Gasteiger partial charge in [0.1, 0.15) is 12.2 Å². The number of urea groups is 2. The molecule has 0 aromatic rings. The van der Waals surface area contributed by atoms with Gasteiger partial charge in [-0.15, -0.1) is 0 Å². The van der Waals surface area contributed by atoms with Crippen molar-refractivity contribution in [2.24, 2.45) is 23.3 Å². The minimum atomic E-state index is -2.32. The summed E-state index contributed by atoms with van der Waals surface area (Å²) in [6, 6.07) is -4.60. The van der Waals surface area contributed by atoms with E-state index in [0.717, 1.165) is 0 Å². The Morgan fingerprint density at radius 2 is 1.41 bits per heavy atom. The molecule has 22 heteroatoms. The smallest absolute Gasteiger partial charge is 0.333 e. The molecule has 2 heterocycles. The standard InChI is InChI=1S/C48H81N5O17/c1-7-9-11-13-15-17-27(3)42(61)28(4)29(5)67-39(60)23-32(55)21-31(54)19-20-35(57)36(58)22-33(56)25-48(66)26-37(59)41(51-47(65)53-52-46(50)64)38(70-48)24-34(18-16-14-12-10-8-2)69-45-44(63)40(49)43(62)30(6)68-45/h7-18,27-38,40-45,54-59,61-63,66H,19-26,49H2,1-6H3,(H3,50,52,64)(H2,51,53,65)/b9-7+,10-8+,13-11+,14-12+,17-15+,18-16+/t27-,28-,29-,30+,31+,32+,33-,34-,35+,36+,37-,38-,40-,41+,42+,43+,44-,45-,48+/m0/s1. The normalized spacial score (nSPS) is 30.0. The maximum atomic E-state index is 12.8. The second-order valence-electron chi connectivity index (χ2n) is 18.2. The molecule has 0 radical (unpaired) electrons. The highest BCUT2D eigenvalue weighted by molar-refractivity contribution is 5.79. The molecule has 2 saturated heterocycles. The molecule has 0 bridgehead atoms. The number of carbonyl (C=O) groups excluding carboxylic acids is 3. The van der Waals surface area contributed by atoms with E-state index in [1.54, 1.807) is 44.2 Å². The van der Waals surface area contributed by atoms with Gasteiger partial charge in [-0.25, -0.2) is 20.4 Å². The van der Waals surface area contributed by atoms with Crippen LogP contribution in [-0.4, -0.2) is 173 Å². The summed E-state index contributed by atoms with van der Waals surface area (Å²) in [5.74, 6) is -3.74. The van der Waals surface area contributed by atoms with Gasteiger partial charge in [-0.3, -0.25) is 4.79 Å². The molecule has 2 fully saturated rings. The summed E-state index contributed by atoms with van der Waals surface area (Å²) in [5.41, 5.74) is 15.0. The highest BCUT2D eigenvalue weighted by Crippen LogP contribution is 2.35. The highest BCUT2D eigenvalue weighted by Gasteiger charge is 2.49. The lowest BCUT2D eigenvalue weighted by Crippen LogP contribution is -2.64. The van der Waals surface area contributed by atoms with Crippen LogP contribution in [0.5, 0.6) is 0 Å². The van der Waals surface area contributed by atoms with Crippen molar-refractivity contribution in [2.45, 2.75) is 196 Å². The largest absolute Gasteiger partial charge is 0.462 e. The van der Waals surface area contributed by atoms with Gasteiger partial charge in [-0.05, 0) is 47.0 Å². The number of rotatable bonds is 27. The Balaban J connectivity index is 2.08. The molecule has 4 amide bonds. The molecule has 2 aliphatic rings. The Morgan fingerprint density at radius 3 is 2.03 bits per heavy atom. The molecule has 0 unspecified atom stereocenters. The Labute approximate surface area is 410 Å². The van der Waals surface area contributed by atoms with Crippen LogP contribution in [0.3, 0.4) is 0 Å². The third kappa shape index (κ3) is 22.1. The second kappa shape index (κ2) is 31.4. The van der Waals surface area contributed by atoms with Crippen molar-refractivity contribution in [3.63, 3.8) is 0 Å². The molecule has 400 valence electrons. The summed E-state index contributed by atoms with van der Waals surface area (Å²) in [6.45, 7) is 10.4. The molecule has 0 saturated carbocycles. The van der Waals surface area contributed by atoms with Crippen LogP contribution >= 0.6 is 0 Å². The van der Waals surface area contributed by atoms with Gasteiger partial charge in [0, 0.05) is 37.5 Å². The molecule has 17 N–H and O–H groups in total. The first-order valence-corrected chi connectivity index (χ1v) is 23.7. The fraction of sp³-hybridized carbons (Fsp3) is 0.688. The number of nitrogens with one attached hydrogen (secondary N) is 3. The summed E-state index contributed by atoms with van der Waals surface area (Å²) in [5, 5.41) is 111. The Kier molecular flexibility index (Phi) is 27.8. The molecular formula is C48H81N5O17. The van der Waals surface area contributed by atoms with E-state index in [9.17, 15) is 65.4 Å². The molecule has 2 aliphatic heterocycles. The molecule has 22 nitrogen and oxygen atoms in total. The Morgan fingerprint density at radius 1 is 0.800 bits per heavy atom. The number of hydrogen-bond acceptors (Lipinski definition) is 18. The van der Waals surface area contributed by atoms with Gasteiger partial charge in [0.15, 0.2) is 12.1 Å². The Hall–Kier alpha value is -4.11. The lowest BCUT2D eigenvalue weighted by molar-refractivity contribution is -0.303. The first kappa shape index (κ1) is 62.0. The van der Waals surface area contributed by atoms with E-state index < -0.39 is 153 Å². The van der Waals surface area contributed by atoms with E-state index >= 15 is 0 Å². The number of carbonyl (C=O) groups is 3. The third-order valence-electron chi connectivity index (χ3n) is 12.2. The predicted molar refractivity (Wildman–Crippen MR) is 256 cm³/mol. The van der Waals surface area contributed by atoms with Crippen LogP contribution in [0.2, 0.25) is 0 Å². The maximum Gasteiger partial charge on any atom is 0.333 e. The van der Waals surface area contributed by atoms with Gasteiger partial charge >= 0.3 is 18.0 Å². The van der Waals surface area contributed by atoms with Crippen LogP contribution in [0.1, 0.15) is 92.9 Å². The van der Waals surface area contributed by atoms with Crippen molar-refractivity contribution in [1.29, 1.82) is 0 Å². The van der Waals surface area contributed by atoms with Crippen molar-refractivity contribution >= 4 is 18.0 Å². The van der Waals surface area contributed by atoms with Crippen molar-refractivity contribution in [2.75, 3.05) is 0 Å². The molecular weight excluding hydrogens is 919 g/mol. The summed E-state index contributed by atoms with van der Waals surface area (Å²) >= 11 is 0. The van der Waals surface area contributed by atoms with Gasteiger partial charge in [0.25, 0.3) is 0 Å². The van der Waals surface area contributed by atoms with Gasteiger partial charge < -0.3 is 86.8 Å². The van der Waals surface area contributed by atoms with Crippen LogP contribution in [0, 0.1) is 11.8 Å². The number of allylic oxidation sites excluding steroid dienone is 10. The number of ether oxygens (including phenoxy) is 4. The average Bonchev–Trinajstić information content (AvgIpc) is 3.28. The first-order chi connectivity index (χ1) is 32.9. The number of primary amides is 1. The summed E-state index contributed by atoms with van der Waals surface area (Å²) in [6.07, 6.45) is 0.465. The van der Waals surface area contributed by atoms with Crippen molar-refractivity contribution < 1.29 is 84.4 Å². The zero-order valence-electron chi connectivity index (χ0n) is 41.0. The fourth-order valence-corrected chi connectivity index (χ4v) is 7.98. The minimum absolute atomic E-state index is 0.121. The van der Waals surface area contributed by atoms with E-state index in [-0.39, 0.29) is 31.6 Å². The molecule has 0 spiro atoms. The monoisotopic (exact) mass is 1000 g/mol. The van der Waals surface area contributed by atoms with Gasteiger partial charge in [-0.2, -0.15) is 0 Å². The lowest BCUT2D eigenvalue weighted by Gasteiger charge is -2.46. The van der Waals surface area contributed by atoms with Crippen molar-refractivity contribution in [3.05, 3.63) is 72.9 Å². The van der Waals surface area contributed by atoms with Crippen LogP contribution < -0.4 is 27.6 Å². The number of aliphatic hydroxyl groups is 10. The zero-order valence-corrected chi connectivity index (χ0v) is 41.0. The molecule has 19 atom stereocenters. The first-order valence-electron chi connectivity index (χ1n) is 23.7. The molecule has 2 rings (SSSR count). The molecule has 70 heavy (non-hydrogen) atoms. The molecule has 0 aromatic carbocycles. The number of amides is 4. The van der Waals surface area contributed by atoms with Gasteiger partial charge in [0.05, 0.1) is 85.6 Å². The number of esters is 1. The third-order valence-corrected chi connectivity index (χ3v) is 12.2. The SMILES string of the molecule is C/C=C/C=C/C=C/[C@@H](C[C@@H]1O[C@](O)(C[C@@H](O)C[C@@H](O)[C@H](O)CC[C@@H](O)C[C@@H](O)CC(=O)O[C@@H](C)[C@H](C)[C@H](O)[C@@H](C)/C=C/C=C/C=C/C)C[C@H](O)[C@H]1NC(=O)NNC(N)=O)O[C@@H]1O[C@H](C)[C@@H](O)[C@H](N)[C@@H]1O. The zero-order chi connectivity index (χ0) is 52.7. The van der Waals surface area contributed by atoms with E-state index in [1.165, 1.54) is 13.0 Å². The number of aliphatic hydroxyl groups excluding tert-OH is 9. The van der Waals surface area contributed by atoms with E-state index in [4.69, 9.17) is 30.4 Å². The van der Waals surface area contributed by atoms with Gasteiger partial charge in [-0.1, -0.05) is 86.8 Å². The molecule has 0 aromatic heterocycles. The van der Waals surface area contributed by atoms with Crippen LogP contribution in [0.25, 0.3) is 0 Å². The summed E-state index contributed by atoms with van der Waals surface area (Å²) in [7, 11) is 0. The quantitative estimate of drug-likeness (QED) is 0.0286.